The van der Waals surface area contributed by atoms with E-state index in [-0.39, 0.29) is 17.9 Å². The van der Waals surface area contributed by atoms with E-state index >= 15 is 0 Å². The lowest BCUT2D eigenvalue weighted by Crippen LogP contribution is -2.45. The molecule has 0 aliphatic carbocycles. The zero-order chi connectivity index (χ0) is 12.1. The number of carbonyl (C=O) groups is 1. The lowest BCUT2D eigenvalue weighted by molar-refractivity contribution is -0.136. The summed E-state index contributed by atoms with van der Waals surface area (Å²) in [6, 6.07) is -0.126. The average molecular weight is 228 g/mol. The Hall–Kier alpha value is -0.610. The SMILES string of the molecule is CCC(C)CN(CC)C(=O)C1COCC1N. The Labute approximate surface area is 98.1 Å². The summed E-state index contributed by atoms with van der Waals surface area (Å²) in [7, 11) is 0. The minimum absolute atomic E-state index is 0.126. The number of carbonyl (C=O) groups excluding carboxylic acids is 1. The van der Waals surface area contributed by atoms with Crippen LogP contribution >= 0.6 is 0 Å². The molecule has 16 heavy (non-hydrogen) atoms. The molecule has 0 saturated carbocycles. The standard InChI is InChI=1S/C12H24N2O2/c1-4-9(3)6-14(5-2)12(15)10-7-16-8-11(10)13/h9-11H,4-8,13H2,1-3H3. The monoisotopic (exact) mass is 228 g/mol. The number of amides is 1. The fourth-order valence-corrected chi connectivity index (χ4v) is 1.94. The van der Waals surface area contributed by atoms with Gasteiger partial charge >= 0.3 is 0 Å². The molecule has 0 aromatic rings. The van der Waals surface area contributed by atoms with Crippen LogP contribution in [0.25, 0.3) is 0 Å². The van der Waals surface area contributed by atoms with Crippen molar-refractivity contribution >= 4 is 5.91 Å². The Morgan fingerprint density at radius 2 is 2.19 bits per heavy atom. The lowest BCUT2D eigenvalue weighted by Gasteiger charge is -2.27. The van der Waals surface area contributed by atoms with E-state index in [1.165, 1.54) is 0 Å². The highest BCUT2D eigenvalue weighted by atomic mass is 16.5. The maximum Gasteiger partial charge on any atom is 0.229 e. The topological polar surface area (TPSA) is 55.6 Å². The Morgan fingerprint density at radius 3 is 2.62 bits per heavy atom. The molecular weight excluding hydrogens is 204 g/mol. The van der Waals surface area contributed by atoms with E-state index < -0.39 is 0 Å². The summed E-state index contributed by atoms with van der Waals surface area (Å²) in [5.74, 6) is 0.569. The van der Waals surface area contributed by atoms with Crippen LogP contribution in [-0.4, -0.2) is 43.2 Å². The number of hydrogen-bond donors (Lipinski definition) is 1. The van der Waals surface area contributed by atoms with E-state index in [2.05, 4.69) is 13.8 Å². The number of nitrogens with two attached hydrogens (primary N) is 1. The molecule has 1 saturated heterocycles. The first-order valence-electron chi connectivity index (χ1n) is 6.22. The van der Waals surface area contributed by atoms with Gasteiger partial charge in [0.1, 0.15) is 0 Å². The first-order valence-corrected chi connectivity index (χ1v) is 6.22. The van der Waals surface area contributed by atoms with Gasteiger partial charge in [0.25, 0.3) is 0 Å². The van der Waals surface area contributed by atoms with Gasteiger partial charge in [-0.25, -0.2) is 0 Å². The Morgan fingerprint density at radius 1 is 1.50 bits per heavy atom. The minimum atomic E-state index is -0.135. The number of nitrogens with zero attached hydrogens (tertiary/aromatic N) is 1. The maximum atomic E-state index is 12.2. The average Bonchev–Trinajstić information content (AvgIpc) is 2.71. The second kappa shape index (κ2) is 6.21. The molecule has 1 fully saturated rings. The molecule has 4 nitrogen and oxygen atoms in total. The molecule has 4 heteroatoms. The Balaban J connectivity index is 2.54. The highest BCUT2D eigenvalue weighted by molar-refractivity contribution is 5.80. The third-order valence-corrected chi connectivity index (χ3v) is 3.36. The van der Waals surface area contributed by atoms with Gasteiger partial charge in [-0.05, 0) is 12.8 Å². The molecule has 1 heterocycles. The third-order valence-electron chi connectivity index (χ3n) is 3.36. The van der Waals surface area contributed by atoms with Crippen molar-refractivity contribution in [2.24, 2.45) is 17.6 Å². The number of ether oxygens (including phenoxy) is 1. The van der Waals surface area contributed by atoms with Crippen molar-refractivity contribution in [1.29, 1.82) is 0 Å². The predicted octanol–water partition coefficient (Wildman–Crippen LogP) is 0.855. The van der Waals surface area contributed by atoms with E-state index in [9.17, 15) is 4.79 Å². The van der Waals surface area contributed by atoms with Crippen LogP contribution in [0.3, 0.4) is 0 Å². The van der Waals surface area contributed by atoms with Gasteiger partial charge < -0.3 is 15.4 Å². The van der Waals surface area contributed by atoms with E-state index in [0.29, 0.717) is 19.1 Å². The summed E-state index contributed by atoms with van der Waals surface area (Å²) in [5.41, 5.74) is 5.86. The van der Waals surface area contributed by atoms with Gasteiger partial charge in [-0.3, -0.25) is 4.79 Å². The molecule has 1 aliphatic heterocycles. The van der Waals surface area contributed by atoms with Crippen molar-refractivity contribution in [3.8, 4) is 0 Å². The molecule has 2 N–H and O–H groups in total. The maximum absolute atomic E-state index is 12.2. The van der Waals surface area contributed by atoms with Crippen molar-refractivity contribution in [2.75, 3.05) is 26.3 Å². The highest BCUT2D eigenvalue weighted by Gasteiger charge is 2.34. The molecule has 0 spiro atoms. The van der Waals surface area contributed by atoms with Crippen LogP contribution in [0.1, 0.15) is 27.2 Å². The largest absolute Gasteiger partial charge is 0.379 e. The number of rotatable bonds is 5. The molecule has 94 valence electrons. The summed E-state index contributed by atoms with van der Waals surface area (Å²) in [5, 5.41) is 0. The molecule has 0 aromatic carbocycles. The first kappa shape index (κ1) is 13.5. The van der Waals surface area contributed by atoms with Crippen LogP contribution in [-0.2, 0) is 9.53 Å². The molecule has 3 atom stereocenters. The highest BCUT2D eigenvalue weighted by Crippen LogP contribution is 2.16. The van der Waals surface area contributed by atoms with Crippen LogP contribution in [0.15, 0.2) is 0 Å². The summed E-state index contributed by atoms with van der Waals surface area (Å²) >= 11 is 0. The van der Waals surface area contributed by atoms with E-state index in [1.54, 1.807) is 0 Å². The molecule has 1 aliphatic rings. The van der Waals surface area contributed by atoms with Crippen molar-refractivity contribution in [3.63, 3.8) is 0 Å². The van der Waals surface area contributed by atoms with Gasteiger partial charge in [0.15, 0.2) is 0 Å². The van der Waals surface area contributed by atoms with Crippen molar-refractivity contribution in [1.82, 2.24) is 4.90 Å². The summed E-state index contributed by atoms with van der Waals surface area (Å²) < 4.78 is 5.24. The van der Waals surface area contributed by atoms with E-state index in [1.807, 2.05) is 11.8 Å². The Bertz CT molecular complexity index is 233. The van der Waals surface area contributed by atoms with E-state index in [0.717, 1.165) is 19.5 Å². The van der Waals surface area contributed by atoms with Crippen LogP contribution in [0.4, 0.5) is 0 Å². The van der Waals surface area contributed by atoms with Gasteiger partial charge in [-0.2, -0.15) is 0 Å². The number of hydrogen-bond acceptors (Lipinski definition) is 3. The van der Waals surface area contributed by atoms with Crippen molar-refractivity contribution < 1.29 is 9.53 Å². The fourth-order valence-electron chi connectivity index (χ4n) is 1.94. The normalized spacial score (nSPS) is 26.8. The zero-order valence-corrected chi connectivity index (χ0v) is 10.6. The van der Waals surface area contributed by atoms with Crippen LogP contribution in [0.5, 0.6) is 0 Å². The Kier molecular flexibility index (Phi) is 5.22. The van der Waals surface area contributed by atoms with Gasteiger partial charge in [0.05, 0.1) is 19.1 Å². The molecule has 0 radical (unpaired) electrons. The van der Waals surface area contributed by atoms with E-state index in [4.69, 9.17) is 10.5 Å². The van der Waals surface area contributed by atoms with Crippen LogP contribution in [0.2, 0.25) is 0 Å². The smallest absolute Gasteiger partial charge is 0.229 e. The summed E-state index contributed by atoms with van der Waals surface area (Å²) in [6.45, 7) is 8.91. The summed E-state index contributed by atoms with van der Waals surface area (Å²) in [6.07, 6.45) is 1.09. The van der Waals surface area contributed by atoms with Crippen LogP contribution in [0, 0.1) is 11.8 Å². The van der Waals surface area contributed by atoms with Gasteiger partial charge in [0, 0.05) is 19.1 Å². The lowest BCUT2D eigenvalue weighted by atomic mass is 10.0. The van der Waals surface area contributed by atoms with Crippen molar-refractivity contribution in [2.45, 2.75) is 33.2 Å². The molecular formula is C12H24N2O2. The van der Waals surface area contributed by atoms with Gasteiger partial charge in [-0.1, -0.05) is 20.3 Å². The third kappa shape index (κ3) is 3.19. The molecule has 1 rings (SSSR count). The predicted molar refractivity (Wildman–Crippen MR) is 64.0 cm³/mol. The minimum Gasteiger partial charge on any atom is -0.379 e. The quantitative estimate of drug-likeness (QED) is 0.759. The van der Waals surface area contributed by atoms with Gasteiger partial charge in [-0.15, -0.1) is 0 Å². The molecule has 1 amide bonds. The van der Waals surface area contributed by atoms with Crippen molar-refractivity contribution in [3.05, 3.63) is 0 Å². The first-order chi connectivity index (χ1) is 7.60. The second-order valence-electron chi connectivity index (χ2n) is 4.70. The molecule has 3 unspecified atom stereocenters. The second-order valence-corrected chi connectivity index (χ2v) is 4.70. The summed E-state index contributed by atoms with van der Waals surface area (Å²) in [4.78, 5) is 14.1. The molecule has 0 aromatic heterocycles. The zero-order valence-electron chi connectivity index (χ0n) is 10.6. The van der Waals surface area contributed by atoms with Crippen LogP contribution < -0.4 is 5.73 Å². The molecule has 0 bridgehead atoms. The van der Waals surface area contributed by atoms with Gasteiger partial charge in [0.2, 0.25) is 5.91 Å². The fraction of sp³-hybridized carbons (Fsp3) is 0.917.